The molecule has 1 aromatic rings. The Kier molecular flexibility index (Phi) is 5.77. The number of thiophene rings is 1. The van der Waals surface area contributed by atoms with Crippen LogP contribution in [0.25, 0.3) is 0 Å². The summed E-state index contributed by atoms with van der Waals surface area (Å²) < 4.78 is 0. The van der Waals surface area contributed by atoms with Crippen molar-refractivity contribution in [1.29, 1.82) is 5.26 Å². The smallest absolute Gasteiger partial charge is 0.225 e. The van der Waals surface area contributed by atoms with Gasteiger partial charge < -0.3 is 11.1 Å². The van der Waals surface area contributed by atoms with Crippen LogP contribution >= 0.6 is 11.3 Å². The number of hydrogen-bond acceptors (Lipinski definition) is 4. The van der Waals surface area contributed by atoms with Gasteiger partial charge >= 0.3 is 0 Å². The van der Waals surface area contributed by atoms with Gasteiger partial charge in [-0.2, -0.15) is 5.26 Å². The molecular weight excluding hydrogens is 282 g/mol. The third kappa shape index (κ3) is 4.29. The lowest BCUT2D eigenvalue weighted by molar-refractivity contribution is -0.116. The molecule has 2 rings (SSSR count). The van der Waals surface area contributed by atoms with Crippen molar-refractivity contribution >= 4 is 22.2 Å². The van der Waals surface area contributed by atoms with E-state index in [0.29, 0.717) is 12.0 Å². The van der Waals surface area contributed by atoms with Gasteiger partial charge in [0.05, 0.1) is 5.56 Å². The zero-order valence-corrected chi connectivity index (χ0v) is 13.4. The maximum Gasteiger partial charge on any atom is 0.225 e. The first-order valence-electron chi connectivity index (χ1n) is 7.72. The van der Waals surface area contributed by atoms with E-state index >= 15 is 0 Å². The van der Waals surface area contributed by atoms with Gasteiger partial charge in [0.15, 0.2) is 0 Å². The summed E-state index contributed by atoms with van der Waals surface area (Å²) in [5.41, 5.74) is 7.55. The van der Waals surface area contributed by atoms with Crippen LogP contribution in [-0.2, 0) is 17.6 Å². The number of nitrogens with one attached hydrogen (secondary N) is 1. The van der Waals surface area contributed by atoms with Crippen molar-refractivity contribution in [2.75, 3.05) is 5.32 Å². The second kappa shape index (κ2) is 7.58. The van der Waals surface area contributed by atoms with E-state index in [9.17, 15) is 10.1 Å². The van der Waals surface area contributed by atoms with Crippen LogP contribution in [0.4, 0.5) is 5.00 Å². The van der Waals surface area contributed by atoms with E-state index in [2.05, 4.69) is 11.4 Å². The first-order valence-corrected chi connectivity index (χ1v) is 8.53. The van der Waals surface area contributed by atoms with Crippen molar-refractivity contribution in [2.24, 2.45) is 5.73 Å². The maximum atomic E-state index is 12.0. The summed E-state index contributed by atoms with van der Waals surface area (Å²) in [6, 6.07) is 2.42. The third-order valence-electron chi connectivity index (χ3n) is 3.85. The summed E-state index contributed by atoms with van der Waals surface area (Å²) in [6.07, 6.45) is 7.65. The molecule has 1 aromatic heterocycles. The Balaban J connectivity index is 2.03. The summed E-state index contributed by atoms with van der Waals surface area (Å²) in [7, 11) is 0. The maximum absolute atomic E-state index is 12.0. The highest BCUT2D eigenvalue weighted by Gasteiger charge is 2.20. The third-order valence-corrected chi connectivity index (χ3v) is 5.06. The van der Waals surface area contributed by atoms with Crippen LogP contribution in [0.5, 0.6) is 0 Å². The van der Waals surface area contributed by atoms with Gasteiger partial charge in [0.25, 0.3) is 0 Å². The number of hydrogen-bond donors (Lipinski definition) is 2. The van der Waals surface area contributed by atoms with Crippen molar-refractivity contribution in [3.8, 4) is 6.07 Å². The lowest BCUT2D eigenvalue weighted by Gasteiger charge is -2.06. The van der Waals surface area contributed by atoms with Crippen molar-refractivity contribution in [3.63, 3.8) is 0 Å². The molecule has 1 atom stereocenters. The zero-order chi connectivity index (χ0) is 15.2. The number of nitrogens with two attached hydrogens (primary N) is 1. The standard InChI is InChI=1S/C16H23N3OS/c1-11(18)6-5-9-15(20)19-16-13(10-17)12-7-3-2-4-8-14(12)21-16/h11H,2-9,18H2,1H3,(H,19,20). The number of rotatable bonds is 5. The van der Waals surface area contributed by atoms with Crippen molar-refractivity contribution in [1.82, 2.24) is 0 Å². The van der Waals surface area contributed by atoms with Gasteiger partial charge in [0.2, 0.25) is 5.91 Å². The molecule has 1 heterocycles. The van der Waals surface area contributed by atoms with Gasteiger partial charge in [-0.05, 0) is 51.0 Å². The molecule has 0 spiro atoms. The Labute approximate surface area is 130 Å². The lowest BCUT2D eigenvalue weighted by Crippen LogP contribution is -2.16. The molecule has 0 aromatic carbocycles. The minimum Gasteiger partial charge on any atom is -0.328 e. The van der Waals surface area contributed by atoms with Gasteiger partial charge in [0, 0.05) is 17.3 Å². The Morgan fingerprint density at radius 3 is 2.90 bits per heavy atom. The SMILES string of the molecule is CC(N)CCCC(=O)Nc1sc2c(c1C#N)CCCCC2. The number of amides is 1. The zero-order valence-electron chi connectivity index (χ0n) is 12.6. The minimum atomic E-state index is -0.0106. The fraction of sp³-hybridized carbons (Fsp3) is 0.625. The molecule has 21 heavy (non-hydrogen) atoms. The second-order valence-electron chi connectivity index (χ2n) is 5.80. The molecule has 0 aliphatic heterocycles. The number of carbonyl (C=O) groups excluding carboxylic acids is 1. The first kappa shape index (κ1) is 16.0. The van der Waals surface area contributed by atoms with Gasteiger partial charge in [-0.25, -0.2) is 0 Å². The molecule has 0 radical (unpaired) electrons. The summed E-state index contributed by atoms with van der Waals surface area (Å²) in [5, 5.41) is 13.1. The van der Waals surface area contributed by atoms with E-state index in [0.717, 1.165) is 37.1 Å². The quantitative estimate of drug-likeness (QED) is 0.819. The largest absolute Gasteiger partial charge is 0.328 e. The Bertz CT molecular complexity index is 542. The molecule has 0 bridgehead atoms. The molecule has 0 saturated heterocycles. The monoisotopic (exact) mass is 305 g/mol. The van der Waals surface area contributed by atoms with Crippen molar-refractivity contribution in [2.45, 2.75) is 64.3 Å². The van der Waals surface area contributed by atoms with E-state index in [1.165, 1.54) is 23.3 Å². The van der Waals surface area contributed by atoms with Crippen molar-refractivity contribution in [3.05, 3.63) is 16.0 Å². The van der Waals surface area contributed by atoms with Crippen LogP contribution in [0.2, 0.25) is 0 Å². The highest BCUT2D eigenvalue weighted by Crippen LogP contribution is 2.37. The molecule has 4 nitrogen and oxygen atoms in total. The Morgan fingerprint density at radius 2 is 2.19 bits per heavy atom. The Hall–Kier alpha value is -1.38. The molecule has 5 heteroatoms. The van der Waals surface area contributed by atoms with Crippen molar-refractivity contribution < 1.29 is 4.79 Å². The van der Waals surface area contributed by atoms with E-state index < -0.39 is 0 Å². The average Bonchev–Trinajstić information content (AvgIpc) is 2.59. The first-order chi connectivity index (χ1) is 10.1. The van der Waals surface area contributed by atoms with E-state index in [-0.39, 0.29) is 11.9 Å². The van der Waals surface area contributed by atoms with E-state index in [4.69, 9.17) is 5.73 Å². The molecule has 114 valence electrons. The summed E-state index contributed by atoms with van der Waals surface area (Å²) >= 11 is 1.59. The Morgan fingerprint density at radius 1 is 1.43 bits per heavy atom. The predicted octanol–water partition coefficient (Wildman–Crippen LogP) is 3.34. The fourth-order valence-corrected chi connectivity index (χ4v) is 3.98. The summed E-state index contributed by atoms with van der Waals surface area (Å²) in [6.45, 7) is 1.95. The molecule has 3 N–H and O–H groups in total. The van der Waals surface area contributed by atoms with Gasteiger partial charge in [0.1, 0.15) is 11.1 Å². The van der Waals surface area contributed by atoms with Crippen LogP contribution in [-0.4, -0.2) is 11.9 Å². The molecule has 1 unspecified atom stereocenters. The summed E-state index contributed by atoms with van der Waals surface area (Å²) in [5.74, 6) is -0.0106. The van der Waals surface area contributed by atoms with Gasteiger partial charge in [-0.15, -0.1) is 11.3 Å². The second-order valence-corrected chi connectivity index (χ2v) is 6.90. The van der Waals surface area contributed by atoms with Crippen LogP contribution < -0.4 is 11.1 Å². The minimum absolute atomic E-state index is 0.0106. The number of nitriles is 1. The van der Waals surface area contributed by atoms with Crippen LogP contribution in [0.15, 0.2) is 0 Å². The molecule has 1 amide bonds. The topological polar surface area (TPSA) is 78.9 Å². The average molecular weight is 305 g/mol. The van der Waals surface area contributed by atoms with Gasteiger partial charge in [-0.3, -0.25) is 4.79 Å². The molecule has 0 saturated carbocycles. The molecule has 0 fully saturated rings. The van der Waals surface area contributed by atoms with E-state index in [1.807, 2.05) is 6.92 Å². The number of anilines is 1. The molecule has 1 aliphatic rings. The molecule has 1 aliphatic carbocycles. The fourth-order valence-electron chi connectivity index (χ4n) is 2.72. The highest BCUT2D eigenvalue weighted by atomic mass is 32.1. The van der Waals surface area contributed by atoms with Crippen LogP contribution in [0, 0.1) is 11.3 Å². The van der Waals surface area contributed by atoms with Crippen LogP contribution in [0.1, 0.15) is 61.5 Å². The normalized spacial score (nSPS) is 15.7. The lowest BCUT2D eigenvalue weighted by atomic mass is 10.1. The van der Waals surface area contributed by atoms with Crippen LogP contribution in [0.3, 0.4) is 0 Å². The summed E-state index contributed by atoms with van der Waals surface area (Å²) in [4.78, 5) is 13.3. The molecular formula is C16H23N3OS. The number of fused-ring (bicyclic) bond motifs is 1. The van der Waals surface area contributed by atoms with E-state index in [1.54, 1.807) is 11.3 Å². The highest BCUT2D eigenvalue weighted by molar-refractivity contribution is 7.16. The van der Waals surface area contributed by atoms with Gasteiger partial charge in [-0.1, -0.05) is 6.42 Å². The number of nitrogens with zero attached hydrogens (tertiary/aromatic N) is 1. The number of carbonyl (C=O) groups is 1. The number of aryl methyl sites for hydroxylation is 1. The predicted molar refractivity (Wildman–Crippen MR) is 86.4 cm³/mol.